The van der Waals surface area contributed by atoms with Gasteiger partial charge in [0.2, 0.25) is 0 Å². The number of aliphatic carboxylic acids is 1. The number of piperidine rings is 1. The third kappa shape index (κ3) is 8.51. The van der Waals surface area contributed by atoms with Crippen LogP contribution >= 0.6 is 11.3 Å². The fourth-order valence-corrected chi connectivity index (χ4v) is 6.35. The van der Waals surface area contributed by atoms with Crippen LogP contribution in [0.3, 0.4) is 0 Å². The fourth-order valence-electron chi connectivity index (χ4n) is 5.35. The van der Waals surface area contributed by atoms with Crippen LogP contribution in [0.5, 0.6) is 5.75 Å². The van der Waals surface area contributed by atoms with E-state index in [1.54, 1.807) is 18.2 Å². The molecule has 264 valence electrons. The number of nitrogen functional groups attached to an aromatic ring is 1. The number of carboxylic acids is 1. The minimum atomic E-state index is -5.02. The third-order valence-corrected chi connectivity index (χ3v) is 9.24. The number of amides is 2. The molecule has 2 atom stereocenters. The first kappa shape index (κ1) is 35.7. The molecule has 2 aromatic heterocycles. The second-order valence-electron chi connectivity index (χ2n) is 12.8. The maximum atomic E-state index is 13.3. The van der Waals surface area contributed by atoms with Gasteiger partial charge in [-0.05, 0) is 44.2 Å². The number of anilines is 2. The Labute approximate surface area is 285 Å². The van der Waals surface area contributed by atoms with Gasteiger partial charge in [-0.2, -0.15) is 13.5 Å². The summed E-state index contributed by atoms with van der Waals surface area (Å²) in [5.74, 6) is -2.34. The van der Waals surface area contributed by atoms with Crippen molar-refractivity contribution in [3.05, 3.63) is 41.4 Å². The Hall–Kier alpha value is -4.63. The molecule has 49 heavy (non-hydrogen) atoms. The minimum absolute atomic E-state index is 0.0624. The maximum absolute atomic E-state index is 13.3. The van der Waals surface area contributed by atoms with Crippen molar-refractivity contribution in [2.24, 2.45) is 5.16 Å². The molecule has 2 unspecified atom stereocenters. The molecule has 4 heterocycles. The highest BCUT2D eigenvalue weighted by molar-refractivity contribution is 7.80. The summed E-state index contributed by atoms with van der Waals surface area (Å²) in [7, 11) is -0.565. The number of β-lactam (4-membered cyclic amide) rings is 1. The lowest BCUT2D eigenvalue weighted by Crippen LogP contribution is -2.76. The number of pyridine rings is 1. The number of fused-ring (bicyclic) bond motifs is 1. The van der Waals surface area contributed by atoms with Gasteiger partial charge in [0.1, 0.15) is 29.9 Å². The van der Waals surface area contributed by atoms with Gasteiger partial charge in [0.15, 0.2) is 10.8 Å². The highest BCUT2D eigenvalue weighted by atomic mass is 32.3. The Morgan fingerprint density at radius 3 is 2.53 bits per heavy atom. The van der Waals surface area contributed by atoms with E-state index in [1.165, 1.54) is 19.2 Å². The number of carboxylic acid groups (broad SMARTS) is 1. The van der Waals surface area contributed by atoms with Gasteiger partial charge in [0.05, 0.1) is 38.2 Å². The molecule has 0 aliphatic carbocycles. The van der Waals surface area contributed by atoms with Crippen molar-refractivity contribution in [1.82, 2.24) is 20.3 Å². The van der Waals surface area contributed by atoms with Gasteiger partial charge in [-0.3, -0.25) is 14.1 Å². The van der Waals surface area contributed by atoms with Gasteiger partial charge in [-0.25, -0.2) is 14.8 Å². The van der Waals surface area contributed by atoms with Gasteiger partial charge >= 0.3 is 16.4 Å². The van der Waals surface area contributed by atoms with Crippen LogP contribution in [-0.2, 0) is 33.9 Å². The summed E-state index contributed by atoms with van der Waals surface area (Å²) in [5.41, 5.74) is 4.41. The average Bonchev–Trinajstić information content (AvgIpc) is 3.46. The van der Waals surface area contributed by atoms with E-state index in [0.717, 1.165) is 58.5 Å². The number of oxime groups is 1. The summed E-state index contributed by atoms with van der Waals surface area (Å²) >= 11 is 0.964. The molecule has 2 fully saturated rings. The van der Waals surface area contributed by atoms with Crippen LogP contribution in [0.2, 0.25) is 0 Å². The number of hydroxylamine groups is 2. The second kappa shape index (κ2) is 13.7. The van der Waals surface area contributed by atoms with Crippen LogP contribution in [0.15, 0.2) is 40.9 Å². The zero-order valence-electron chi connectivity index (χ0n) is 27.0. The Kier molecular flexibility index (Phi) is 9.98. The minimum Gasteiger partial charge on any atom is -0.489 e. The lowest BCUT2D eigenvalue weighted by Gasteiger charge is -2.50. The number of quaternary nitrogens is 1. The number of nitrogens with one attached hydrogen (secondary N) is 2. The van der Waals surface area contributed by atoms with Crippen LogP contribution in [0, 0.1) is 0 Å². The van der Waals surface area contributed by atoms with Crippen molar-refractivity contribution in [2.75, 3.05) is 44.8 Å². The molecule has 18 nitrogen and oxygen atoms in total. The highest BCUT2D eigenvalue weighted by Crippen LogP contribution is 2.33. The number of likely N-dealkylation sites (tertiary alicyclic amines) is 1. The average molecular weight is 722 g/mol. The van der Waals surface area contributed by atoms with E-state index in [-0.39, 0.29) is 10.8 Å². The smallest absolute Gasteiger partial charge is 0.418 e. The maximum Gasteiger partial charge on any atom is 0.418 e. The van der Waals surface area contributed by atoms with E-state index in [9.17, 15) is 27.9 Å². The van der Waals surface area contributed by atoms with Crippen LogP contribution < -0.4 is 21.1 Å². The number of ether oxygens (including phenoxy) is 1. The number of benzene rings is 1. The zero-order valence-corrected chi connectivity index (χ0v) is 28.7. The first-order valence-electron chi connectivity index (χ1n) is 15.0. The second-order valence-corrected chi connectivity index (χ2v) is 14.7. The molecule has 0 radical (unpaired) electrons. The van der Waals surface area contributed by atoms with E-state index < -0.39 is 58.2 Å². The summed E-state index contributed by atoms with van der Waals surface area (Å²) in [6, 6.07) is 7.90. The van der Waals surface area contributed by atoms with Crippen molar-refractivity contribution in [1.29, 1.82) is 0 Å². The molecular weight excluding hydrogens is 684 g/mol. The zero-order chi connectivity index (χ0) is 35.7. The Bertz CT molecular complexity index is 1890. The fraction of sp³-hybridized carbons (Fsp3) is 0.448. The predicted octanol–water partition coefficient (Wildman–Crippen LogP) is 1.02. The molecule has 5 rings (SSSR count). The van der Waals surface area contributed by atoms with Crippen molar-refractivity contribution in [2.45, 2.75) is 50.4 Å². The summed E-state index contributed by atoms with van der Waals surface area (Å²) < 4.78 is 42.2. The molecule has 0 bridgehead atoms. The standard InChI is InChI=1S/C29H36N8O10S2/c1-29(2)24(26(39)36(29)47-49(42,43)44)34-25(38)23(20-15-48-28(30)33-20)35-46-21(27(40)41)14-45-18-6-7-19-16(13-18)5-8-22(32-19)31-17-9-11-37(3,4)12-10-17/h5-8,13,15,17,21,24H,9-12,14H2,1-4H3,(H5-,30,31,32,33,34,38,40,41,42,43,44)/p+1/b35-23-. The largest absolute Gasteiger partial charge is 0.489 e. The quantitative estimate of drug-likeness (QED) is 0.0544. The SMILES string of the molecule is CC1(C)C(NC(=O)/C(=N\OC(COc2ccc3nc(NC4CC[N+](C)(C)CC4)ccc3c2)C(=O)O)c2csc(N)n2)C(=O)N1OS(=O)(=O)O. The van der Waals surface area contributed by atoms with Crippen molar-refractivity contribution in [3.8, 4) is 5.75 Å². The first-order chi connectivity index (χ1) is 22.9. The predicted molar refractivity (Wildman–Crippen MR) is 177 cm³/mol. The molecule has 2 aliphatic heterocycles. The van der Waals surface area contributed by atoms with Gasteiger partial charge in [0, 0.05) is 29.6 Å². The van der Waals surface area contributed by atoms with Crippen molar-refractivity contribution < 1.29 is 50.8 Å². The molecule has 2 amide bonds. The van der Waals surface area contributed by atoms with E-state index in [2.05, 4.69) is 39.2 Å². The Balaban J connectivity index is 1.24. The number of thiazole rings is 1. The van der Waals surface area contributed by atoms with Gasteiger partial charge < -0.3 is 35.5 Å². The van der Waals surface area contributed by atoms with Crippen molar-refractivity contribution >= 4 is 67.1 Å². The number of carbonyl (C=O) groups is 3. The number of rotatable bonds is 13. The number of hydrogen-bond acceptors (Lipinski definition) is 14. The molecule has 6 N–H and O–H groups in total. The van der Waals surface area contributed by atoms with E-state index in [0.29, 0.717) is 16.9 Å². The normalized spacial score (nSPS) is 19.9. The van der Waals surface area contributed by atoms with E-state index in [1.807, 2.05) is 12.1 Å². The first-order valence-corrected chi connectivity index (χ1v) is 17.3. The van der Waals surface area contributed by atoms with Crippen LogP contribution in [-0.4, -0.2) is 119 Å². The third-order valence-electron chi connectivity index (χ3n) is 8.23. The van der Waals surface area contributed by atoms with Gasteiger partial charge in [-0.15, -0.1) is 15.6 Å². The van der Waals surface area contributed by atoms with Crippen molar-refractivity contribution in [3.63, 3.8) is 0 Å². The molecule has 3 aromatic rings. The molecule has 1 aromatic carbocycles. The topological polar surface area (TPSA) is 245 Å². The summed E-state index contributed by atoms with van der Waals surface area (Å²) in [4.78, 5) is 51.8. The van der Waals surface area contributed by atoms with E-state index in [4.69, 9.17) is 24.8 Å². The molecule has 0 saturated carbocycles. The van der Waals surface area contributed by atoms with Gasteiger partial charge in [0.25, 0.3) is 17.9 Å². The monoisotopic (exact) mass is 721 g/mol. The summed E-state index contributed by atoms with van der Waals surface area (Å²) in [5, 5.41) is 22.0. The lowest BCUT2D eigenvalue weighted by atomic mass is 9.84. The molecule has 20 heteroatoms. The number of carbonyl (C=O) groups excluding carboxylic acids is 2. The van der Waals surface area contributed by atoms with Gasteiger partial charge in [-0.1, -0.05) is 5.16 Å². The van der Waals surface area contributed by atoms with Crippen LogP contribution in [0.1, 0.15) is 32.4 Å². The number of hydrogen-bond donors (Lipinski definition) is 5. The molecule has 2 saturated heterocycles. The van der Waals surface area contributed by atoms with Crippen LogP contribution in [0.4, 0.5) is 10.9 Å². The molecular formula is C29H37N8O10S2+. The summed E-state index contributed by atoms with van der Waals surface area (Å²) in [6.07, 6.45) is 0.415. The molecule has 2 aliphatic rings. The lowest BCUT2D eigenvalue weighted by molar-refractivity contribution is -0.895. The molecule has 0 spiro atoms. The summed E-state index contributed by atoms with van der Waals surface area (Å²) in [6.45, 7) is 4.41. The highest BCUT2D eigenvalue weighted by Gasteiger charge is 2.58. The van der Waals surface area contributed by atoms with E-state index >= 15 is 0 Å². The van der Waals surface area contributed by atoms with Crippen LogP contribution in [0.25, 0.3) is 10.9 Å². The number of nitrogens with zero attached hydrogens (tertiary/aromatic N) is 5. The number of aromatic nitrogens is 2. The number of nitrogens with two attached hydrogens (primary N) is 1. The Morgan fingerprint density at radius 1 is 1.20 bits per heavy atom. The Morgan fingerprint density at radius 2 is 1.92 bits per heavy atom.